The molecule has 1 aromatic heterocycles. The van der Waals surface area contributed by atoms with Crippen molar-refractivity contribution < 1.29 is 9.50 Å². The molecular formula is C16H20ClFN4O. The largest absolute Gasteiger partial charge is 0.382 e. The lowest BCUT2D eigenvalue weighted by molar-refractivity contribution is 0.0408. The van der Waals surface area contributed by atoms with Crippen molar-refractivity contribution in [1.82, 2.24) is 19.9 Å². The summed E-state index contributed by atoms with van der Waals surface area (Å²) in [4.78, 5) is 2.07. The van der Waals surface area contributed by atoms with Crippen LogP contribution >= 0.6 is 11.6 Å². The molecule has 3 rings (SSSR count). The normalized spacial score (nSPS) is 22.2. The first-order valence-corrected chi connectivity index (χ1v) is 8.05. The molecule has 2 heterocycles. The molecule has 23 heavy (non-hydrogen) atoms. The number of likely N-dealkylation sites (tertiary alicyclic amines) is 1. The second kappa shape index (κ2) is 6.19. The van der Waals surface area contributed by atoms with Crippen LogP contribution in [-0.2, 0) is 12.1 Å². The van der Waals surface area contributed by atoms with Crippen LogP contribution in [0.1, 0.15) is 37.6 Å². The Kier molecular flexibility index (Phi) is 4.40. The summed E-state index contributed by atoms with van der Waals surface area (Å²) >= 11 is 5.89. The number of halogens is 2. The Balaban J connectivity index is 1.71. The van der Waals surface area contributed by atoms with Gasteiger partial charge < -0.3 is 5.11 Å². The highest BCUT2D eigenvalue weighted by Crippen LogP contribution is 2.32. The molecule has 0 amide bonds. The molecule has 1 unspecified atom stereocenters. The smallest absolute Gasteiger partial charge is 0.125 e. The Labute approximate surface area is 139 Å². The second-order valence-corrected chi connectivity index (χ2v) is 6.88. The van der Waals surface area contributed by atoms with Crippen molar-refractivity contribution in [2.45, 2.75) is 38.5 Å². The number of hydrogen-bond donors (Lipinski definition) is 1. The molecule has 1 N–H and O–H groups in total. The van der Waals surface area contributed by atoms with Gasteiger partial charge in [0, 0.05) is 30.7 Å². The van der Waals surface area contributed by atoms with E-state index in [1.807, 2.05) is 13.8 Å². The van der Waals surface area contributed by atoms with Crippen molar-refractivity contribution in [3.63, 3.8) is 0 Å². The van der Waals surface area contributed by atoms with E-state index in [9.17, 15) is 9.50 Å². The molecule has 0 saturated carbocycles. The van der Waals surface area contributed by atoms with Gasteiger partial charge in [-0.15, -0.1) is 5.10 Å². The molecular weight excluding hydrogens is 319 g/mol. The topological polar surface area (TPSA) is 54.2 Å². The standard InChI is InChI=1S/C16H20ClFN4O/c1-11(2)22-9-15(19-20-22)16(23)3-4-21(10-16)8-12-5-13(17)7-14(18)6-12/h5-7,9,11,23H,3-4,8,10H2,1-2H3. The number of hydrogen-bond acceptors (Lipinski definition) is 4. The number of β-amino-alcohol motifs (C(OH)–C–C–N with tert-alkyl or cyclic N) is 1. The minimum atomic E-state index is -1.01. The fraction of sp³-hybridized carbons (Fsp3) is 0.500. The summed E-state index contributed by atoms with van der Waals surface area (Å²) in [6.07, 6.45) is 2.38. The van der Waals surface area contributed by atoms with Gasteiger partial charge in [-0.25, -0.2) is 9.07 Å². The monoisotopic (exact) mass is 338 g/mol. The maximum Gasteiger partial charge on any atom is 0.125 e. The summed E-state index contributed by atoms with van der Waals surface area (Å²) in [6.45, 7) is 5.71. The van der Waals surface area contributed by atoms with Gasteiger partial charge in [-0.1, -0.05) is 16.8 Å². The highest BCUT2D eigenvalue weighted by Gasteiger charge is 2.40. The van der Waals surface area contributed by atoms with Crippen LogP contribution in [0, 0.1) is 5.82 Å². The molecule has 0 radical (unpaired) electrons. The predicted molar refractivity (Wildman–Crippen MR) is 85.6 cm³/mol. The molecule has 1 aliphatic rings. The average Bonchev–Trinajstić information content (AvgIpc) is 3.06. The third-order valence-electron chi connectivity index (χ3n) is 4.17. The molecule has 124 valence electrons. The van der Waals surface area contributed by atoms with E-state index in [4.69, 9.17) is 11.6 Å². The quantitative estimate of drug-likeness (QED) is 0.931. The second-order valence-electron chi connectivity index (χ2n) is 6.45. The molecule has 1 aliphatic heterocycles. The summed E-state index contributed by atoms with van der Waals surface area (Å²) in [7, 11) is 0. The van der Waals surface area contributed by atoms with Gasteiger partial charge in [0.15, 0.2) is 0 Å². The molecule has 0 bridgehead atoms. The van der Waals surface area contributed by atoms with E-state index >= 15 is 0 Å². The third kappa shape index (κ3) is 3.54. The van der Waals surface area contributed by atoms with Crippen molar-refractivity contribution in [3.05, 3.63) is 46.5 Å². The van der Waals surface area contributed by atoms with Gasteiger partial charge in [0.1, 0.15) is 17.1 Å². The van der Waals surface area contributed by atoms with Crippen LogP contribution in [0.2, 0.25) is 5.02 Å². The zero-order valence-corrected chi connectivity index (χ0v) is 14.0. The fourth-order valence-electron chi connectivity index (χ4n) is 2.92. The van der Waals surface area contributed by atoms with Gasteiger partial charge in [-0.2, -0.15) is 0 Å². The minimum absolute atomic E-state index is 0.201. The van der Waals surface area contributed by atoms with E-state index in [0.717, 1.165) is 5.56 Å². The van der Waals surface area contributed by atoms with Crippen molar-refractivity contribution in [1.29, 1.82) is 0 Å². The van der Waals surface area contributed by atoms with E-state index in [1.54, 1.807) is 16.9 Å². The van der Waals surface area contributed by atoms with E-state index in [-0.39, 0.29) is 11.9 Å². The van der Waals surface area contributed by atoms with Crippen molar-refractivity contribution in [2.24, 2.45) is 0 Å². The molecule has 0 spiro atoms. The Morgan fingerprint density at radius 3 is 2.83 bits per heavy atom. The number of nitrogens with zero attached hydrogens (tertiary/aromatic N) is 4. The van der Waals surface area contributed by atoms with E-state index in [0.29, 0.717) is 36.8 Å². The van der Waals surface area contributed by atoms with Gasteiger partial charge in [0.2, 0.25) is 0 Å². The summed E-state index contributed by atoms with van der Waals surface area (Å²) in [5.74, 6) is -0.346. The number of aliphatic hydroxyl groups is 1. The van der Waals surface area contributed by atoms with Gasteiger partial charge in [0.05, 0.1) is 6.20 Å². The summed E-state index contributed by atoms with van der Waals surface area (Å²) in [5.41, 5.74) is 0.376. The molecule has 5 nitrogen and oxygen atoms in total. The van der Waals surface area contributed by atoms with E-state index in [2.05, 4.69) is 15.2 Å². The van der Waals surface area contributed by atoms with Gasteiger partial charge in [-0.3, -0.25) is 4.90 Å². The van der Waals surface area contributed by atoms with Crippen LogP contribution in [0.4, 0.5) is 4.39 Å². The number of rotatable bonds is 4. The third-order valence-corrected chi connectivity index (χ3v) is 4.39. The highest BCUT2D eigenvalue weighted by molar-refractivity contribution is 6.30. The van der Waals surface area contributed by atoms with Crippen molar-refractivity contribution in [2.75, 3.05) is 13.1 Å². The Morgan fingerprint density at radius 1 is 1.39 bits per heavy atom. The highest BCUT2D eigenvalue weighted by atomic mass is 35.5. The van der Waals surface area contributed by atoms with Crippen LogP contribution in [-0.4, -0.2) is 38.1 Å². The average molecular weight is 339 g/mol. The zero-order valence-electron chi connectivity index (χ0n) is 13.2. The van der Waals surface area contributed by atoms with Gasteiger partial charge >= 0.3 is 0 Å². The SMILES string of the molecule is CC(C)n1cc(C2(O)CCN(Cc3cc(F)cc(Cl)c3)C2)nn1. The first-order chi connectivity index (χ1) is 10.9. The molecule has 1 aromatic carbocycles. The van der Waals surface area contributed by atoms with Crippen LogP contribution in [0.3, 0.4) is 0 Å². The first kappa shape index (κ1) is 16.4. The Hall–Kier alpha value is -1.50. The molecule has 0 aliphatic carbocycles. The molecule has 1 saturated heterocycles. The summed E-state index contributed by atoms with van der Waals surface area (Å²) in [5, 5.41) is 19.4. The van der Waals surface area contributed by atoms with Gasteiger partial charge in [0.25, 0.3) is 0 Å². The predicted octanol–water partition coefficient (Wildman–Crippen LogP) is 2.75. The van der Waals surface area contributed by atoms with E-state index in [1.165, 1.54) is 12.1 Å². The molecule has 7 heteroatoms. The molecule has 1 atom stereocenters. The van der Waals surface area contributed by atoms with Crippen LogP contribution in [0.5, 0.6) is 0 Å². The summed E-state index contributed by atoms with van der Waals surface area (Å²) < 4.78 is 15.2. The Bertz CT molecular complexity index is 685. The Morgan fingerprint density at radius 2 is 2.17 bits per heavy atom. The maximum absolute atomic E-state index is 13.4. The zero-order chi connectivity index (χ0) is 16.6. The summed E-state index contributed by atoms with van der Waals surface area (Å²) in [6, 6.07) is 4.71. The van der Waals surface area contributed by atoms with Crippen LogP contribution in [0.25, 0.3) is 0 Å². The van der Waals surface area contributed by atoms with Crippen molar-refractivity contribution >= 4 is 11.6 Å². The number of aromatic nitrogens is 3. The molecule has 2 aromatic rings. The van der Waals surface area contributed by atoms with Crippen LogP contribution < -0.4 is 0 Å². The number of benzene rings is 1. The van der Waals surface area contributed by atoms with Crippen molar-refractivity contribution in [3.8, 4) is 0 Å². The van der Waals surface area contributed by atoms with Gasteiger partial charge in [-0.05, 0) is 44.0 Å². The fourth-order valence-corrected chi connectivity index (χ4v) is 3.16. The lowest BCUT2D eigenvalue weighted by Gasteiger charge is -2.21. The molecule has 1 fully saturated rings. The minimum Gasteiger partial charge on any atom is -0.382 e. The van der Waals surface area contributed by atoms with E-state index < -0.39 is 5.60 Å². The maximum atomic E-state index is 13.4. The lowest BCUT2D eigenvalue weighted by Crippen LogP contribution is -2.31. The lowest BCUT2D eigenvalue weighted by atomic mass is 10.00. The first-order valence-electron chi connectivity index (χ1n) is 7.68. The van der Waals surface area contributed by atoms with Crippen LogP contribution in [0.15, 0.2) is 24.4 Å².